The minimum atomic E-state index is 0.442. The summed E-state index contributed by atoms with van der Waals surface area (Å²) in [6, 6.07) is 5.04. The molecule has 1 N–H and O–H groups in total. The van der Waals surface area contributed by atoms with Gasteiger partial charge in [0.25, 0.3) is 0 Å². The van der Waals surface area contributed by atoms with Crippen LogP contribution in [0, 0.1) is 0 Å². The van der Waals surface area contributed by atoms with E-state index in [1.807, 2.05) is 12.1 Å². The fourth-order valence-corrected chi connectivity index (χ4v) is 2.51. The minimum Gasteiger partial charge on any atom is -0.469 e. The molecular weight excluding hydrogens is 214 g/mol. The van der Waals surface area contributed by atoms with Crippen molar-refractivity contribution in [1.29, 1.82) is 0 Å². The first kappa shape index (κ1) is 12.7. The smallest absolute Gasteiger partial charge is 0.105 e. The molecule has 0 aromatic carbocycles. The second-order valence-electron chi connectivity index (χ2n) is 4.97. The van der Waals surface area contributed by atoms with Crippen LogP contribution in [0.25, 0.3) is 0 Å². The van der Waals surface area contributed by atoms with E-state index in [0.717, 1.165) is 38.1 Å². The highest BCUT2D eigenvalue weighted by atomic mass is 16.5. The van der Waals surface area contributed by atoms with E-state index in [4.69, 9.17) is 9.15 Å². The molecular formula is C14H23NO2. The molecule has 0 saturated carbocycles. The number of rotatable bonds is 5. The van der Waals surface area contributed by atoms with Crippen LogP contribution < -0.4 is 5.32 Å². The van der Waals surface area contributed by atoms with Crippen LogP contribution in [-0.4, -0.2) is 24.8 Å². The van der Waals surface area contributed by atoms with E-state index in [0.29, 0.717) is 18.2 Å². The van der Waals surface area contributed by atoms with E-state index >= 15 is 0 Å². The van der Waals surface area contributed by atoms with Gasteiger partial charge in [0.2, 0.25) is 0 Å². The van der Waals surface area contributed by atoms with E-state index in [1.165, 1.54) is 0 Å². The van der Waals surface area contributed by atoms with Crippen LogP contribution in [0.4, 0.5) is 0 Å². The molecule has 1 saturated heterocycles. The quantitative estimate of drug-likeness (QED) is 0.855. The molecule has 0 bridgehead atoms. The molecule has 1 aliphatic heterocycles. The summed E-state index contributed by atoms with van der Waals surface area (Å²) in [6.45, 7) is 5.31. The Morgan fingerprint density at radius 3 is 3.12 bits per heavy atom. The lowest BCUT2D eigenvalue weighted by molar-refractivity contribution is -0.00165. The van der Waals surface area contributed by atoms with Gasteiger partial charge in [-0.1, -0.05) is 6.92 Å². The maximum atomic E-state index is 5.69. The summed E-state index contributed by atoms with van der Waals surface area (Å²) < 4.78 is 11.1. The number of hydrogen-bond donors (Lipinski definition) is 1. The predicted molar refractivity (Wildman–Crippen MR) is 68.1 cm³/mol. The standard InChI is InChI=1S/C14H23NO2/c1-3-13-10-12(6-8-17-13)15-11(2)9-14-5-4-7-16-14/h4-5,7,11-13,15H,3,6,8-10H2,1-2H3. The van der Waals surface area contributed by atoms with E-state index in [2.05, 4.69) is 19.2 Å². The third-order valence-electron chi connectivity index (χ3n) is 3.43. The summed E-state index contributed by atoms with van der Waals surface area (Å²) in [5.41, 5.74) is 0. The van der Waals surface area contributed by atoms with Crippen molar-refractivity contribution in [2.45, 2.75) is 57.7 Å². The SMILES string of the molecule is CCC1CC(NC(C)Cc2ccco2)CCO1. The Kier molecular flexibility index (Phi) is 4.63. The van der Waals surface area contributed by atoms with Crippen molar-refractivity contribution in [2.24, 2.45) is 0 Å². The Hall–Kier alpha value is -0.800. The zero-order valence-corrected chi connectivity index (χ0v) is 10.8. The summed E-state index contributed by atoms with van der Waals surface area (Å²) >= 11 is 0. The van der Waals surface area contributed by atoms with Crippen molar-refractivity contribution in [2.75, 3.05) is 6.61 Å². The maximum absolute atomic E-state index is 5.69. The number of nitrogens with one attached hydrogen (secondary N) is 1. The van der Waals surface area contributed by atoms with Crippen molar-refractivity contribution >= 4 is 0 Å². The summed E-state index contributed by atoms with van der Waals surface area (Å²) in [4.78, 5) is 0. The average molecular weight is 237 g/mol. The lowest BCUT2D eigenvalue weighted by Crippen LogP contribution is -2.43. The molecule has 3 atom stereocenters. The molecule has 1 aliphatic rings. The third-order valence-corrected chi connectivity index (χ3v) is 3.43. The molecule has 1 fully saturated rings. The van der Waals surface area contributed by atoms with Gasteiger partial charge in [-0.25, -0.2) is 0 Å². The summed E-state index contributed by atoms with van der Waals surface area (Å²) in [6.07, 6.45) is 6.52. The molecule has 17 heavy (non-hydrogen) atoms. The van der Waals surface area contributed by atoms with Crippen LogP contribution in [0.5, 0.6) is 0 Å². The highest BCUT2D eigenvalue weighted by molar-refractivity contribution is 5.00. The predicted octanol–water partition coefficient (Wildman–Crippen LogP) is 2.76. The molecule has 2 heterocycles. The van der Waals surface area contributed by atoms with Gasteiger partial charge >= 0.3 is 0 Å². The first-order valence-electron chi connectivity index (χ1n) is 6.68. The molecule has 0 radical (unpaired) electrons. The molecule has 0 amide bonds. The molecule has 2 rings (SSSR count). The van der Waals surface area contributed by atoms with Gasteiger partial charge in [0.1, 0.15) is 5.76 Å². The first-order valence-corrected chi connectivity index (χ1v) is 6.68. The Morgan fingerprint density at radius 1 is 1.53 bits per heavy atom. The number of hydrogen-bond acceptors (Lipinski definition) is 3. The fraction of sp³-hybridized carbons (Fsp3) is 0.714. The van der Waals surface area contributed by atoms with Crippen LogP contribution >= 0.6 is 0 Å². The zero-order valence-electron chi connectivity index (χ0n) is 10.8. The maximum Gasteiger partial charge on any atom is 0.105 e. The van der Waals surface area contributed by atoms with Crippen molar-refractivity contribution in [3.05, 3.63) is 24.2 Å². The summed E-state index contributed by atoms with van der Waals surface area (Å²) in [5.74, 6) is 1.06. The monoisotopic (exact) mass is 237 g/mol. The fourth-order valence-electron chi connectivity index (χ4n) is 2.51. The molecule has 3 heteroatoms. The van der Waals surface area contributed by atoms with Gasteiger partial charge in [0.05, 0.1) is 12.4 Å². The number of furan rings is 1. The molecule has 1 aromatic heterocycles. The summed E-state index contributed by atoms with van der Waals surface area (Å²) in [5, 5.41) is 3.68. The molecule has 3 unspecified atom stereocenters. The average Bonchev–Trinajstić information content (AvgIpc) is 2.82. The first-order chi connectivity index (χ1) is 8.28. The van der Waals surface area contributed by atoms with Crippen LogP contribution in [0.2, 0.25) is 0 Å². The molecule has 3 nitrogen and oxygen atoms in total. The topological polar surface area (TPSA) is 34.4 Å². The second-order valence-corrected chi connectivity index (χ2v) is 4.97. The Balaban J connectivity index is 1.76. The Bertz CT molecular complexity index is 310. The van der Waals surface area contributed by atoms with Gasteiger partial charge in [0, 0.05) is 25.1 Å². The number of ether oxygens (including phenoxy) is 1. The van der Waals surface area contributed by atoms with Crippen LogP contribution in [-0.2, 0) is 11.2 Å². The van der Waals surface area contributed by atoms with E-state index < -0.39 is 0 Å². The molecule has 0 spiro atoms. The van der Waals surface area contributed by atoms with E-state index in [1.54, 1.807) is 6.26 Å². The summed E-state index contributed by atoms with van der Waals surface area (Å²) in [7, 11) is 0. The Labute approximate surface area is 104 Å². The van der Waals surface area contributed by atoms with Gasteiger partial charge in [0.15, 0.2) is 0 Å². The van der Waals surface area contributed by atoms with Crippen LogP contribution in [0.1, 0.15) is 38.9 Å². The minimum absolute atomic E-state index is 0.442. The Morgan fingerprint density at radius 2 is 2.41 bits per heavy atom. The lowest BCUT2D eigenvalue weighted by Gasteiger charge is -2.31. The van der Waals surface area contributed by atoms with Crippen LogP contribution in [0.15, 0.2) is 22.8 Å². The van der Waals surface area contributed by atoms with Crippen molar-refractivity contribution in [3.63, 3.8) is 0 Å². The van der Waals surface area contributed by atoms with Crippen molar-refractivity contribution < 1.29 is 9.15 Å². The van der Waals surface area contributed by atoms with Gasteiger partial charge in [-0.15, -0.1) is 0 Å². The largest absolute Gasteiger partial charge is 0.469 e. The normalized spacial score (nSPS) is 26.9. The van der Waals surface area contributed by atoms with Crippen molar-refractivity contribution in [1.82, 2.24) is 5.32 Å². The zero-order chi connectivity index (χ0) is 12.1. The lowest BCUT2D eigenvalue weighted by atomic mass is 10.00. The van der Waals surface area contributed by atoms with Crippen LogP contribution in [0.3, 0.4) is 0 Å². The third kappa shape index (κ3) is 3.86. The van der Waals surface area contributed by atoms with E-state index in [-0.39, 0.29) is 0 Å². The van der Waals surface area contributed by atoms with Crippen molar-refractivity contribution in [3.8, 4) is 0 Å². The highest BCUT2D eigenvalue weighted by Crippen LogP contribution is 2.17. The van der Waals surface area contributed by atoms with Gasteiger partial charge in [-0.2, -0.15) is 0 Å². The molecule has 0 aliphatic carbocycles. The van der Waals surface area contributed by atoms with Gasteiger partial charge < -0.3 is 14.5 Å². The van der Waals surface area contributed by atoms with E-state index in [9.17, 15) is 0 Å². The molecule has 1 aromatic rings. The molecule has 96 valence electrons. The second kappa shape index (κ2) is 6.22. The highest BCUT2D eigenvalue weighted by Gasteiger charge is 2.22. The van der Waals surface area contributed by atoms with Gasteiger partial charge in [-0.05, 0) is 38.3 Å². The van der Waals surface area contributed by atoms with Gasteiger partial charge in [-0.3, -0.25) is 0 Å².